The molecule has 0 fully saturated rings. The van der Waals surface area contributed by atoms with Crippen LogP contribution in [-0.2, 0) is 0 Å². The Hall–Kier alpha value is 1.21. The van der Waals surface area contributed by atoms with Gasteiger partial charge in [0.05, 0.1) is 0 Å². The van der Waals surface area contributed by atoms with Crippen molar-refractivity contribution >= 4 is 38.5 Å². The normalized spacial score (nSPS) is 16.1. The van der Waals surface area contributed by atoms with Crippen LogP contribution in [-0.4, -0.2) is 9.25 Å². The van der Waals surface area contributed by atoms with Crippen molar-refractivity contribution in [3.05, 3.63) is 0 Å². The molecular formula is C6H12BrI. The Kier molecular flexibility index (Phi) is 3.91. The summed E-state index contributed by atoms with van der Waals surface area (Å²) in [6, 6.07) is 0. The molecule has 0 heterocycles. The van der Waals surface area contributed by atoms with Crippen molar-refractivity contribution < 1.29 is 0 Å². The van der Waals surface area contributed by atoms with Crippen LogP contribution in [0.2, 0.25) is 0 Å². The van der Waals surface area contributed by atoms with Gasteiger partial charge in [-0.1, -0.05) is 59.3 Å². The summed E-state index contributed by atoms with van der Waals surface area (Å²) in [6.07, 6.45) is 0. The Balaban J connectivity index is 3.62. The second kappa shape index (κ2) is 3.40. The van der Waals surface area contributed by atoms with Gasteiger partial charge in [0.2, 0.25) is 0 Å². The molecular weight excluding hydrogens is 279 g/mol. The van der Waals surface area contributed by atoms with Gasteiger partial charge in [-0.3, -0.25) is 0 Å². The summed E-state index contributed by atoms with van der Waals surface area (Å²) >= 11 is 5.98. The fourth-order valence-corrected chi connectivity index (χ4v) is 1.55. The third-order valence-electron chi connectivity index (χ3n) is 1.08. The zero-order valence-electron chi connectivity index (χ0n) is 5.54. The molecule has 0 amide bonds. The van der Waals surface area contributed by atoms with E-state index in [1.165, 1.54) is 4.43 Å². The monoisotopic (exact) mass is 290 g/mol. The first kappa shape index (κ1) is 9.21. The van der Waals surface area contributed by atoms with Crippen LogP contribution >= 0.6 is 38.5 Å². The van der Waals surface area contributed by atoms with Crippen LogP contribution in [0.25, 0.3) is 0 Å². The molecule has 0 saturated carbocycles. The van der Waals surface area contributed by atoms with Crippen molar-refractivity contribution in [2.45, 2.75) is 25.6 Å². The summed E-state index contributed by atoms with van der Waals surface area (Å²) in [5.74, 6) is 0. The van der Waals surface area contributed by atoms with Crippen molar-refractivity contribution in [3.8, 4) is 0 Å². The third kappa shape index (κ3) is 3.28. The van der Waals surface area contributed by atoms with Crippen LogP contribution in [0.15, 0.2) is 0 Å². The predicted octanol–water partition coefficient (Wildman–Crippen LogP) is 3.23. The minimum atomic E-state index is 0.418. The van der Waals surface area contributed by atoms with Crippen LogP contribution in [0, 0.1) is 5.41 Å². The van der Waals surface area contributed by atoms with Gasteiger partial charge in [-0.05, 0) is 5.41 Å². The Morgan fingerprint density at radius 2 is 1.88 bits per heavy atom. The Labute approximate surface area is 73.7 Å². The molecule has 50 valence electrons. The molecule has 0 nitrogen and oxygen atoms in total. The summed E-state index contributed by atoms with van der Waals surface area (Å²) < 4.78 is 1.18. The maximum absolute atomic E-state index is 3.59. The molecule has 0 saturated heterocycles. The van der Waals surface area contributed by atoms with Crippen LogP contribution < -0.4 is 0 Å². The highest BCUT2D eigenvalue weighted by Gasteiger charge is 2.19. The first-order valence-electron chi connectivity index (χ1n) is 2.68. The van der Waals surface area contributed by atoms with Crippen LogP contribution in [0.4, 0.5) is 0 Å². The van der Waals surface area contributed by atoms with E-state index in [1.807, 2.05) is 0 Å². The van der Waals surface area contributed by atoms with Crippen molar-refractivity contribution in [2.24, 2.45) is 5.41 Å². The van der Waals surface area contributed by atoms with E-state index in [2.05, 4.69) is 59.3 Å². The molecule has 0 bridgehead atoms. The van der Waals surface area contributed by atoms with Gasteiger partial charge in [0.1, 0.15) is 0 Å². The first-order chi connectivity index (χ1) is 3.48. The average Bonchev–Trinajstić information content (AvgIpc) is 1.62. The molecule has 0 aromatic carbocycles. The lowest BCUT2D eigenvalue weighted by Gasteiger charge is -2.23. The summed E-state index contributed by atoms with van der Waals surface area (Å²) in [7, 11) is 0. The molecule has 0 N–H and O–H groups in total. The van der Waals surface area contributed by atoms with Gasteiger partial charge >= 0.3 is 0 Å². The molecule has 1 atom stereocenters. The Bertz CT molecular complexity index is 65.4. The molecule has 0 radical (unpaired) electrons. The highest BCUT2D eigenvalue weighted by molar-refractivity contribution is 14.1. The molecule has 0 aliphatic carbocycles. The first-order valence-corrected chi connectivity index (χ1v) is 5.12. The number of hydrogen-bond acceptors (Lipinski definition) is 0. The van der Waals surface area contributed by atoms with E-state index < -0.39 is 0 Å². The van der Waals surface area contributed by atoms with Gasteiger partial charge in [0, 0.05) is 9.25 Å². The minimum absolute atomic E-state index is 0.418. The molecule has 0 aromatic heterocycles. The molecule has 0 aromatic rings. The highest BCUT2D eigenvalue weighted by atomic mass is 127. The number of rotatable bonds is 1. The van der Waals surface area contributed by atoms with Gasteiger partial charge < -0.3 is 0 Å². The zero-order chi connectivity index (χ0) is 6.78. The number of halogens is 2. The van der Waals surface area contributed by atoms with Crippen molar-refractivity contribution in [2.75, 3.05) is 4.43 Å². The van der Waals surface area contributed by atoms with Gasteiger partial charge in [-0.15, -0.1) is 0 Å². The molecule has 0 aliphatic heterocycles. The topological polar surface area (TPSA) is 0 Å². The van der Waals surface area contributed by atoms with E-state index in [0.29, 0.717) is 10.2 Å². The summed E-state index contributed by atoms with van der Waals surface area (Å²) in [6.45, 7) is 6.72. The van der Waals surface area contributed by atoms with Crippen LogP contribution in [0.1, 0.15) is 20.8 Å². The summed E-state index contributed by atoms with van der Waals surface area (Å²) in [4.78, 5) is 0.649. The average molecular weight is 291 g/mol. The van der Waals surface area contributed by atoms with E-state index in [-0.39, 0.29) is 0 Å². The minimum Gasteiger partial charge on any atom is -0.0877 e. The van der Waals surface area contributed by atoms with E-state index in [4.69, 9.17) is 0 Å². The largest absolute Gasteiger partial charge is 0.0877 e. The lowest BCUT2D eigenvalue weighted by molar-refractivity contribution is 0.422. The van der Waals surface area contributed by atoms with Crippen molar-refractivity contribution in [1.82, 2.24) is 0 Å². The highest BCUT2D eigenvalue weighted by Crippen LogP contribution is 2.27. The summed E-state index contributed by atoms with van der Waals surface area (Å²) in [5.41, 5.74) is 0.418. The van der Waals surface area contributed by atoms with E-state index in [1.54, 1.807) is 0 Å². The third-order valence-corrected chi connectivity index (χ3v) is 4.86. The maximum Gasteiger partial charge on any atom is 0.0283 e. The van der Waals surface area contributed by atoms with Crippen molar-refractivity contribution in [1.29, 1.82) is 0 Å². The SMILES string of the molecule is CC(C)(C)C(Br)CI. The molecule has 0 rings (SSSR count). The lowest BCUT2D eigenvalue weighted by Crippen LogP contribution is -2.20. The predicted molar refractivity (Wildman–Crippen MR) is 51.1 cm³/mol. The molecule has 0 aliphatic rings. The molecule has 0 spiro atoms. The second-order valence-electron chi connectivity index (χ2n) is 2.99. The number of alkyl halides is 2. The molecule has 8 heavy (non-hydrogen) atoms. The fraction of sp³-hybridized carbons (Fsp3) is 1.00. The van der Waals surface area contributed by atoms with Crippen LogP contribution in [0.3, 0.4) is 0 Å². The zero-order valence-corrected chi connectivity index (χ0v) is 9.28. The van der Waals surface area contributed by atoms with E-state index >= 15 is 0 Å². The van der Waals surface area contributed by atoms with E-state index in [9.17, 15) is 0 Å². The van der Waals surface area contributed by atoms with Crippen molar-refractivity contribution in [3.63, 3.8) is 0 Å². The van der Waals surface area contributed by atoms with Crippen LogP contribution in [0.5, 0.6) is 0 Å². The lowest BCUT2D eigenvalue weighted by atomic mass is 9.94. The summed E-state index contributed by atoms with van der Waals surface area (Å²) in [5, 5.41) is 0. The molecule has 2 heteroatoms. The standard InChI is InChI=1S/C6H12BrI/c1-6(2,3)5(7)4-8/h5H,4H2,1-3H3. The van der Waals surface area contributed by atoms with Gasteiger partial charge in [0.15, 0.2) is 0 Å². The Morgan fingerprint density at radius 3 is 1.88 bits per heavy atom. The fourth-order valence-electron chi connectivity index (χ4n) is 0.231. The maximum atomic E-state index is 3.59. The quantitative estimate of drug-likeness (QED) is 0.514. The van der Waals surface area contributed by atoms with Gasteiger partial charge in [0.25, 0.3) is 0 Å². The smallest absolute Gasteiger partial charge is 0.0283 e. The van der Waals surface area contributed by atoms with Gasteiger partial charge in [-0.25, -0.2) is 0 Å². The second-order valence-corrected chi connectivity index (χ2v) is 4.97. The number of hydrogen-bond donors (Lipinski definition) is 0. The molecule has 1 unspecified atom stereocenters. The van der Waals surface area contributed by atoms with E-state index in [0.717, 1.165) is 0 Å². The van der Waals surface area contributed by atoms with Gasteiger partial charge in [-0.2, -0.15) is 0 Å². The Morgan fingerprint density at radius 1 is 1.50 bits per heavy atom.